The number of rotatable bonds is 8. The van der Waals surface area contributed by atoms with Crippen LogP contribution in [0, 0.1) is 0 Å². The minimum Gasteiger partial charge on any atom is -0.462 e. The monoisotopic (exact) mass is 420 g/mol. The molecule has 0 radical (unpaired) electrons. The molecule has 0 saturated carbocycles. The van der Waals surface area contributed by atoms with Crippen LogP contribution in [0.5, 0.6) is 0 Å². The van der Waals surface area contributed by atoms with E-state index in [4.69, 9.17) is 4.74 Å². The molecule has 7 heteroatoms. The summed E-state index contributed by atoms with van der Waals surface area (Å²) in [5.41, 5.74) is 6.02. The van der Waals surface area contributed by atoms with Gasteiger partial charge in [0.1, 0.15) is 10.6 Å². The molecule has 0 aliphatic rings. The summed E-state index contributed by atoms with van der Waals surface area (Å²) >= 11 is 1.40. The summed E-state index contributed by atoms with van der Waals surface area (Å²) in [6.07, 6.45) is 3.39. The number of benzene rings is 2. The van der Waals surface area contributed by atoms with Crippen molar-refractivity contribution < 1.29 is 9.53 Å². The zero-order valence-corrected chi connectivity index (χ0v) is 18.0. The Kier molecular flexibility index (Phi) is 7.34. The number of para-hydroxylation sites is 1. The molecule has 0 aliphatic carbocycles. The van der Waals surface area contributed by atoms with Crippen molar-refractivity contribution >= 4 is 40.5 Å². The van der Waals surface area contributed by atoms with E-state index in [2.05, 4.69) is 15.5 Å². The molecule has 0 bridgehead atoms. The van der Waals surface area contributed by atoms with E-state index in [1.54, 1.807) is 19.5 Å². The Morgan fingerprint density at radius 3 is 2.40 bits per heavy atom. The van der Waals surface area contributed by atoms with E-state index in [0.717, 1.165) is 21.7 Å². The molecule has 6 nitrogen and oxygen atoms in total. The van der Waals surface area contributed by atoms with Crippen LogP contribution in [-0.2, 0) is 4.74 Å². The van der Waals surface area contributed by atoms with Gasteiger partial charge in [0.05, 0.1) is 29.7 Å². The lowest BCUT2D eigenvalue weighted by Gasteiger charge is -2.07. The number of hydrazone groups is 1. The zero-order chi connectivity index (χ0) is 21.3. The van der Waals surface area contributed by atoms with Crippen LogP contribution < -0.4 is 5.43 Å². The van der Waals surface area contributed by atoms with Crippen LogP contribution in [0.3, 0.4) is 0 Å². The molecule has 0 atom stereocenters. The highest BCUT2D eigenvalue weighted by atomic mass is 32.1. The SMILES string of the molecule is CCOC(=O)c1c(N=CN(C)C)sc(/C=N\Nc2ccccc2)c1-c1ccccc1. The molecule has 1 heterocycles. The van der Waals surface area contributed by atoms with Gasteiger partial charge in [0, 0.05) is 19.7 Å². The number of aliphatic imine (C=N–C) groups is 1. The maximum atomic E-state index is 12.8. The van der Waals surface area contributed by atoms with E-state index in [1.807, 2.05) is 79.7 Å². The van der Waals surface area contributed by atoms with Crippen molar-refractivity contribution in [2.45, 2.75) is 6.92 Å². The third kappa shape index (κ3) is 5.33. The molecule has 0 amide bonds. The molecule has 3 aromatic rings. The van der Waals surface area contributed by atoms with Gasteiger partial charge in [-0.15, -0.1) is 11.3 Å². The lowest BCUT2D eigenvalue weighted by Crippen LogP contribution is -2.08. The van der Waals surface area contributed by atoms with Gasteiger partial charge in [0.15, 0.2) is 0 Å². The molecule has 0 spiro atoms. The lowest BCUT2D eigenvalue weighted by atomic mass is 10.0. The number of hydrogen-bond acceptors (Lipinski definition) is 6. The summed E-state index contributed by atoms with van der Waals surface area (Å²) in [6, 6.07) is 19.4. The molecule has 0 fully saturated rings. The van der Waals surface area contributed by atoms with Crippen LogP contribution in [0.1, 0.15) is 22.2 Å². The predicted molar refractivity (Wildman–Crippen MR) is 125 cm³/mol. The quantitative estimate of drug-likeness (QED) is 0.234. The van der Waals surface area contributed by atoms with Crippen LogP contribution in [0.25, 0.3) is 11.1 Å². The van der Waals surface area contributed by atoms with Crippen molar-refractivity contribution in [3.05, 3.63) is 71.1 Å². The average Bonchev–Trinajstić information content (AvgIpc) is 3.12. The van der Waals surface area contributed by atoms with Crippen LogP contribution in [0.4, 0.5) is 10.7 Å². The summed E-state index contributed by atoms with van der Waals surface area (Å²) in [7, 11) is 3.76. The second kappa shape index (κ2) is 10.4. The van der Waals surface area contributed by atoms with Gasteiger partial charge in [-0.2, -0.15) is 5.10 Å². The van der Waals surface area contributed by atoms with Crippen molar-refractivity contribution in [2.75, 3.05) is 26.1 Å². The van der Waals surface area contributed by atoms with E-state index in [9.17, 15) is 4.79 Å². The number of anilines is 1. The smallest absolute Gasteiger partial charge is 0.341 e. The van der Waals surface area contributed by atoms with E-state index < -0.39 is 5.97 Å². The number of ether oxygens (including phenoxy) is 1. The average molecular weight is 421 g/mol. The molecule has 30 heavy (non-hydrogen) atoms. The molecule has 0 aliphatic heterocycles. The Morgan fingerprint density at radius 1 is 1.10 bits per heavy atom. The molecule has 3 rings (SSSR count). The van der Waals surface area contributed by atoms with Gasteiger partial charge in [0.2, 0.25) is 0 Å². The maximum absolute atomic E-state index is 12.8. The zero-order valence-electron chi connectivity index (χ0n) is 17.2. The number of carbonyl (C=O) groups excluding carboxylic acids is 1. The Morgan fingerprint density at radius 2 is 1.77 bits per heavy atom. The molecule has 2 aromatic carbocycles. The molecule has 0 unspecified atom stereocenters. The van der Waals surface area contributed by atoms with Crippen LogP contribution in [-0.4, -0.2) is 44.1 Å². The van der Waals surface area contributed by atoms with Gasteiger partial charge < -0.3 is 9.64 Å². The van der Waals surface area contributed by atoms with Gasteiger partial charge in [-0.05, 0) is 24.6 Å². The number of esters is 1. The third-order valence-corrected chi connectivity index (χ3v) is 5.05. The van der Waals surface area contributed by atoms with Crippen LogP contribution in [0.2, 0.25) is 0 Å². The van der Waals surface area contributed by atoms with Gasteiger partial charge >= 0.3 is 5.97 Å². The van der Waals surface area contributed by atoms with Crippen molar-refractivity contribution in [2.24, 2.45) is 10.1 Å². The summed E-state index contributed by atoms with van der Waals surface area (Å²) in [5.74, 6) is -0.394. The topological polar surface area (TPSA) is 66.3 Å². The standard InChI is InChI=1S/C23H24N4O2S/c1-4-29-23(28)21-20(17-11-7-5-8-12-17)19(30-22(21)24-16-27(2)3)15-25-26-18-13-9-6-10-14-18/h5-16,26H,4H2,1-3H3/b24-16?,25-15-. The molecular formula is C23H24N4O2S. The number of nitrogens with one attached hydrogen (secondary N) is 1. The van der Waals surface area contributed by atoms with Crippen molar-refractivity contribution in [3.63, 3.8) is 0 Å². The van der Waals surface area contributed by atoms with Crippen molar-refractivity contribution in [3.8, 4) is 11.1 Å². The highest BCUT2D eigenvalue weighted by molar-refractivity contribution is 7.18. The summed E-state index contributed by atoms with van der Waals surface area (Å²) in [5, 5.41) is 4.96. The first-order valence-corrected chi connectivity index (χ1v) is 10.4. The van der Waals surface area contributed by atoms with E-state index in [1.165, 1.54) is 11.3 Å². The second-order valence-corrected chi connectivity index (χ2v) is 7.58. The van der Waals surface area contributed by atoms with Gasteiger partial charge in [-0.25, -0.2) is 9.79 Å². The second-order valence-electron chi connectivity index (χ2n) is 6.55. The molecule has 0 saturated heterocycles. The van der Waals surface area contributed by atoms with E-state index in [-0.39, 0.29) is 0 Å². The number of hydrogen-bond donors (Lipinski definition) is 1. The highest BCUT2D eigenvalue weighted by Gasteiger charge is 2.25. The van der Waals surface area contributed by atoms with Crippen molar-refractivity contribution in [1.82, 2.24) is 4.90 Å². The number of carbonyl (C=O) groups is 1. The normalized spacial score (nSPS) is 11.2. The summed E-state index contributed by atoms with van der Waals surface area (Å²) < 4.78 is 5.34. The largest absolute Gasteiger partial charge is 0.462 e. The van der Waals surface area contributed by atoms with Crippen molar-refractivity contribution in [1.29, 1.82) is 0 Å². The van der Waals surface area contributed by atoms with Gasteiger partial charge in [-0.3, -0.25) is 5.43 Å². The summed E-state index contributed by atoms with van der Waals surface area (Å²) in [6.45, 7) is 2.08. The first-order valence-electron chi connectivity index (χ1n) is 9.54. The van der Waals surface area contributed by atoms with E-state index >= 15 is 0 Å². The minimum absolute atomic E-state index is 0.290. The van der Waals surface area contributed by atoms with Crippen LogP contribution >= 0.6 is 11.3 Å². The molecular weight excluding hydrogens is 396 g/mol. The Bertz CT molecular complexity index is 1030. The summed E-state index contributed by atoms with van der Waals surface area (Å²) in [4.78, 5) is 20.0. The number of nitrogens with zero attached hydrogens (tertiary/aromatic N) is 3. The lowest BCUT2D eigenvalue weighted by molar-refractivity contribution is 0.0529. The first kappa shape index (κ1) is 21.3. The third-order valence-electron chi connectivity index (χ3n) is 4.01. The Balaban J connectivity index is 2.09. The van der Waals surface area contributed by atoms with Crippen LogP contribution in [0.15, 0.2) is 70.8 Å². The Hall–Kier alpha value is -3.45. The fourth-order valence-electron chi connectivity index (χ4n) is 2.75. The fourth-order valence-corrected chi connectivity index (χ4v) is 3.77. The maximum Gasteiger partial charge on any atom is 0.341 e. The molecule has 154 valence electrons. The van der Waals surface area contributed by atoms with Gasteiger partial charge in [-0.1, -0.05) is 48.5 Å². The molecule has 1 N–H and O–H groups in total. The number of thiophene rings is 1. The van der Waals surface area contributed by atoms with Gasteiger partial charge in [0.25, 0.3) is 0 Å². The Labute approximate surface area is 180 Å². The molecule has 1 aromatic heterocycles. The minimum atomic E-state index is -0.394. The van der Waals surface area contributed by atoms with E-state index in [0.29, 0.717) is 17.2 Å². The highest BCUT2D eigenvalue weighted by Crippen LogP contribution is 2.41. The fraction of sp³-hybridized carbons (Fsp3) is 0.174. The predicted octanol–water partition coefficient (Wildman–Crippen LogP) is 5.26. The first-order chi connectivity index (χ1) is 14.6.